The number of nitrogens with zero attached hydrogens (tertiary/aromatic N) is 1. The number of nitrogens with one attached hydrogen (secondary N) is 2. The molecule has 0 aliphatic heterocycles. The second kappa shape index (κ2) is 10.4. The molecule has 170 valence electrons. The fourth-order valence-corrected chi connectivity index (χ4v) is 4.57. The van der Waals surface area contributed by atoms with Gasteiger partial charge in [0.1, 0.15) is 16.6 Å². The van der Waals surface area contributed by atoms with Crippen molar-refractivity contribution < 1.29 is 13.9 Å². The van der Waals surface area contributed by atoms with Crippen molar-refractivity contribution in [1.29, 1.82) is 0 Å². The standard InChI is InChI=1S/C26H27N3O3S/c1-4-20-16-21(26(33-20)29-25(30)22-7-6-14-32-22)24(28-23-15-17(3)12-13-27-23)18-8-10-19(11-9-18)31-5-2/h6-16,24H,4-5H2,1-3H3,(H,27,28)(H,29,30). The SMILES string of the molecule is CCOc1ccc(C(Nc2cc(C)ccn2)c2cc(CC)sc2NC(=O)c2ccco2)cc1. The van der Waals surface area contributed by atoms with Crippen LogP contribution >= 0.6 is 11.3 Å². The van der Waals surface area contributed by atoms with Crippen LogP contribution in [0.25, 0.3) is 0 Å². The lowest BCUT2D eigenvalue weighted by Gasteiger charge is -2.21. The molecule has 0 bridgehead atoms. The van der Waals surface area contributed by atoms with Crippen molar-refractivity contribution in [2.24, 2.45) is 0 Å². The Balaban J connectivity index is 1.74. The van der Waals surface area contributed by atoms with E-state index in [9.17, 15) is 4.79 Å². The minimum absolute atomic E-state index is 0.224. The Morgan fingerprint density at radius 2 is 1.97 bits per heavy atom. The number of aryl methyl sites for hydroxylation is 2. The minimum Gasteiger partial charge on any atom is -0.494 e. The van der Waals surface area contributed by atoms with E-state index < -0.39 is 0 Å². The first-order valence-corrected chi connectivity index (χ1v) is 11.8. The highest BCUT2D eigenvalue weighted by Crippen LogP contribution is 2.38. The Labute approximate surface area is 197 Å². The number of carbonyl (C=O) groups excluding carboxylic acids is 1. The van der Waals surface area contributed by atoms with Gasteiger partial charge in [-0.3, -0.25) is 4.79 Å². The zero-order valence-corrected chi connectivity index (χ0v) is 19.7. The summed E-state index contributed by atoms with van der Waals surface area (Å²) in [5.74, 6) is 1.59. The van der Waals surface area contributed by atoms with Crippen LogP contribution in [0.3, 0.4) is 0 Å². The average Bonchev–Trinajstić information content (AvgIpc) is 3.49. The van der Waals surface area contributed by atoms with Crippen LogP contribution in [0.4, 0.5) is 10.8 Å². The van der Waals surface area contributed by atoms with Crippen molar-refractivity contribution in [2.45, 2.75) is 33.2 Å². The van der Waals surface area contributed by atoms with E-state index in [1.165, 1.54) is 11.1 Å². The third kappa shape index (κ3) is 5.43. The number of furan rings is 1. The van der Waals surface area contributed by atoms with Gasteiger partial charge in [0.05, 0.1) is 18.9 Å². The fraction of sp³-hybridized carbons (Fsp3) is 0.231. The molecule has 1 unspecified atom stereocenters. The summed E-state index contributed by atoms with van der Waals surface area (Å²) < 4.78 is 10.9. The molecule has 2 N–H and O–H groups in total. The molecule has 1 amide bonds. The fourth-order valence-electron chi connectivity index (χ4n) is 3.54. The molecule has 1 atom stereocenters. The number of carbonyl (C=O) groups is 1. The van der Waals surface area contributed by atoms with E-state index in [4.69, 9.17) is 9.15 Å². The third-order valence-electron chi connectivity index (χ3n) is 5.18. The summed E-state index contributed by atoms with van der Waals surface area (Å²) in [5, 5.41) is 7.40. The lowest BCUT2D eigenvalue weighted by Crippen LogP contribution is -2.17. The van der Waals surface area contributed by atoms with E-state index in [2.05, 4.69) is 28.6 Å². The quantitative estimate of drug-likeness (QED) is 0.299. The summed E-state index contributed by atoms with van der Waals surface area (Å²) in [5.41, 5.74) is 3.13. The first kappa shape index (κ1) is 22.6. The molecule has 0 spiro atoms. The highest BCUT2D eigenvalue weighted by molar-refractivity contribution is 7.16. The molecule has 0 aliphatic carbocycles. The van der Waals surface area contributed by atoms with Gasteiger partial charge in [-0.15, -0.1) is 11.3 Å². The molecular formula is C26H27N3O3S. The predicted molar refractivity (Wildman–Crippen MR) is 132 cm³/mol. The van der Waals surface area contributed by atoms with E-state index in [0.29, 0.717) is 6.61 Å². The lowest BCUT2D eigenvalue weighted by atomic mass is 9.99. The first-order chi connectivity index (χ1) is 16.1. The first-order valence-electron chi connectivity index (χ1n) is 11.0. The van der Waals surface area contributed by atoms with Gasteiger partial charge in [0.2, 0.25) is 0 Å². The molecule has 0 saturated carbocycles. The van der Waals surface area contributed by atoms with E-state index >= 15 is 0 Å². The van der Waals surface area contributed by atoms with Crippen molar-refractivity contribution in [3.63, 3.8) is 0 Å². The number of ether oxygens (including phenoxy) is 1. The van der Waals surface area contributed by atoms with Crippen LogP contribution in [0, 0.1) is 6.92 Å². The molecule has 0 radical (unpaired) electrons. The second-order valence-corrected chi connectivity index (χ2v) is 8.72. The highest BCUT2D eigenvalue weighted by Gasteiger charge is 2.23. The van der Waals surface area contributed by atoms with Crippen LogP contribution in [-0.2, 0) is 6.42 Å². The van der Waals surface area contributed by atoms with Gasteiger partial charge in [-0.05, 0) is 73.9 Å². The number of benzene rings is 1. The summed E-state index contributed by atoms with van der Waals surface area (Å²) in [6, 6.07) is 17.3. The average molecular weight is 462 g/mol. The van der Waals surface area contributed by atoms with Crippen LogP contribution in [0.2, 0.25) is 0 Å². The Hall–Kier alpha value is -3.58. The molecule has 1 aromatic carbocycles. The number of aromatic nitrogens is 1. The molecule has 6 nitrogen and oxygen atoms in total. The maximum Gasteiger partial charge on any atom is 0.291 e. The summed E-state index contributed by atoms with van der Waals surface area (Å²) in [6.07, 6.45) is 4.15. The molecule has 0 aliphatic rings. The normalized spacial score (nSPS) is 11.7. The monoisotopic (exact) mass is 461 g/mol. The topological polar surface area (TPSA) is 76.4 Å². The number of hydrogen-bond donors (Lipinski definition) is 2. The van der Waals surface area contributed by atoms with Gasteiger partial charge in [0.15, 0.2) is 5.76 Å². The largest absolute Gasteiger partial charge is 0.494 e. The maximum absolute atomic E-state index is 12.8. The number of pyridine rings is 1. The Morgan fingerprint density at radius 3 is 2.64 bits per heavy atom. The Bertz CT molecular complexity index is 1200. The van der Waals surface area contributed by atoms with Crippen LogP contribution in [0.1, 0.15) is 52.0 Å². The van der Waals surface area contributed by atoms with Gasteiger partial charge in [0.25, 0.3) is 5.91 Å². The van der Waals surface area contributed by atoms with Crippen molar-refractivity contribution in [3.05, 3.63) is 94.4 Å². The van der Waals surface area contributed by atoms with Gasteiger partial charge in [0, 0.05) is 16.6 Å². The number of hydrogen-bond acceptors (Lipinski definition) is 6. The van der Waals surface area contributed by atoms with Gasteiger partial charge in [-0.2, -0.15) is 0 Å². The van der Waals surface area contributed by atoms with Crippen LogP contribution in [-0.4, -0.2) is 17.5 Å². The molecule has 0 fully saturated rings. The van der Waals surface area contributed by atoms with Gasteiger partial charge in [-0.1, -0.05) is 19.1 Å². The van der Waals surface area contributed by atoms with E-state index in [-0.39, 0.29) is 17.7 Å². The maximum atomic E-state index is 12.8. The molecule has 3 heterocycles. The third-order valence-corrected chi connectivity index (χ3v) is 6.39. The highest BCUT2D eigenvalue weighted by atomic mass is 32.1. The minimum atomic E-state index is -0.273. The van der Waals surface area contributed by atoms with E-state index in [1.807, 2.05) is 50.2 Å². The zero-order chi connectivity index (χ0) is 23.2. The molecule has 0 saturated heterocycles. The van der Waals surface area contributed by atoms with Crippen molar-refractivity contribution >= 4 is 28.1 Å². The zero-order valence-electron chi connectivity index (χ0n) is 18.9. The molecule has 3 aromatic heterocycles. The molecule has 7 heteroatoms. The smallest absolute Gasteiger partial charge is 0.291 e. The Morgan fingerprint density at radius 1 is 1.15 bits per heavy atom. The number of anilines is 2. The summed E-state index contributed by atoms with van der Waals surface area (Å²) >= 11 is 1.57. The number of amides is 1. The van der Waals surface area contributed by atoms with E-state index in [1.54, 1.807) is 29.7 Å². The molecule has 4 rings (SSSR count). The van der Waals surface area contributed by atoms with Crippen molar-refractivity contribution in [1.82, 2.24) is 4.98 Å². The summed E-state index contributed by atoms with van der Waals surface area (Å²) in [7, 11) is 0. The molecule has 33 heavy (non-hydrogen) atoms. The van der Waals surface area contributed by atoms with E-state index in [0.717, 1.165) is 39.7 Å². The van der Waals surface area contributed by atoms with Crippen LogP contribution < -0.4 is 15.4 Å². The van der Waals surface area contributed by atoms with Crippen LogP contribution in [0.15, 0.2) is 71.5 Å². The Kier molecular flexibility index (Phi) is 7.10. The summed E-state index contributed by atoms with van der Waals surface area (Å²) in [6.45, 7) is 6.72. The lowest BCUT2D eigenvalue weighted by molar-refractivity contribution is 0.0997. The summed E-state index contributed by atoms with van der Waals surface area (Å²) in [4.78, 5) is 18.4. The second-order valence-electron chi connectivity index (χ2n) is 7.58. The predicted octanol–water partition coefficient (Wildman–Crippen LogP) is 6.46. The molecular weight excluding hydrogens is 434 g/mol. The number of thiophene rings is 1. The molecule has 4 aromatic rings. The van der Waals surface area contributed by atoms with Gasteiger partial charge >= 0.3 is 0 Å². The van der Waals surface area contributed by atoms with Gasteiger partial charge in [-0.25, -0.2) is 4.98 Å². The van der Waals surface area contributed by atoms with Crippen molar-refractivity contribution in [3.8, 4) is 5.75 Å². The van der Waals surface area contributed by atoms with Gasteiger partial charge < -0.3 is 19.8 Å². The number of rotatable bonds is 9. The van der Waals surface area contributed by atoms with Crippen LogP contribution in [0.5, 0.6) is 5.75 Å². The van der Waals surface area contributed by atoms with Crippen molar-refractivity contribution in [2.75, 3.05) is 17.2 Å².